The fourth-order valence-corrected chi connectivity index (χ4v) is 5.68. The number of rotatable bonds is 5. The van der Waals surface area contributed by atoms with E-state index in [1.165, 1.54) is 0 Å². The summed E-state index contributed by atoms with van der Waals surface area (Å²) < 4.78 is 0. The minimum absolute atomic E-state index is 0.107. The van der Waals surface area contributed by atoms with Crippen LogP contribution in [-0.4, -0.2) is 33.1 Å². The molecule has 2 aromatic carbocycles. The Hall–Kier alpha value is -2.19. The lowest BCUT2D eigenvalue weighted by Gasteiger charge is -2.26. The highest BCUT2D eigenvalue weighted by molar-refractivity contribution is 6.92. The van der Waals surface area contributed by atoms with Crippen molar-refractivity contribution in [2.45, 2.75) is 39.3 Å². The van der Waals surface area contributed by atoms with Crippen LogP contribution in [0.15, 0.2) is 42.5 Å². The van der Waals surface area contributed by atoms with Gasteiger partial charge in [0.2, 0.25) is 0 Å². The molecule has 2 N–H and O–H groups in total. The lowest BCUT2D eigenvalue weighted by molar-refractivity contribution is 0.0693. The molecule has 0 aliphatic rings. The summed E-state index contributed by atoms with van der Waals surface area (Å²) in [6, 6.07) is 12.9. The van der Waals surface area contributed by atoms with Gasteiger partial charge >= 0.3 is 5.97 Å². The first kappa shape index (κ1) is 20.1. The van der Waals surface area contributed by atoms with Crippen LogP contribution in [0.4, 0.5) is 5.69 Å². The standard InChI is InChI=1S/C20H27NO3Si2/c1-25(2,3)15-12-16(20(23)24)18(17(13-15)26(4,5)6)19(22)21-14-10-8-7-9-11-14/h7-13H,1-6H3,(H,21,22)(H,23,24). The molecule has 0 saturated carbocycles. The highest BCUT2D eigenvalue weighted by Crippen LogP contribution is 2.17. The number of aromatic carboxylic acids is 1. The highest BCUT2D eigenvalue weighted by Gasteiger charge is 2.31. The van der Waals surface area contributed by atoms with Gasteiger partial charge in [0.25, 0.3) is 5.91 Å². The molecule has 0 radical (unpaired) electrons. The van der Waals surface area contributed by atoms with Crippen molar-refractivity contribution < 1.29 is 14.7 Å². The zero-order valence-corrected chi connectivity index (χ0v) is 18.3. The fourth-order valence-electron chi connectivity index (χ4n) is 2.79. The van der Waals surface area contributed by atoms with Gasteiger partial charge in [-0.15, -0.1) is 0 Å². The van der Waals surface area contributed by atoms with Crippen molar-refractivity contribution >= 4 is 44.1 Å². The first-order valence-electron chi connectivity index (χ1n) is 8.70. The molecule has 1 amide bonds. The molecular formula is C20H27NO3Si2. The predicted molar refractivity (Wildman–Crippen MR) is 114 cm³/mol. The van der Waals surface area contributed by atoms with Crippen molar-refractivity contribution in [2.75, 3.05) is 5.32 Å². The average Bonchev–Trinajstić information content (AvgIpc) is 2.52. The summed E-state index contributed by atoms with van der Waals surface area (Å²) in [6.07, 6.45) is 0. The minimum atomic E-state index is -1.95. The van der Waals surface area contributed by atoms with Crippen LogP contribution in [0.3, 0.4) is 0 Å². The van der Waals surface area contributed by atoms with Crippen LogP contribution < -0.4 is 15.7 Å². The van der Waals surface area contributed by atoms with Gasteiger partial charge in [-0.2, -0.15) is 0 Å². The molecule has 138 valence electrons. The Kier molecular flexibility index (Phi) is 5.58. The molecule has 6 heteroatoms. The van der Waals surface area contributed by atoms with Gasteiger partial charge in [-0.05, 0) is 23.4 Å². The summed E-state index contributed by atoms with van der Waals surface area (Å²) in [5.41, 5.74) is 1.07. The second-order valence-electron chi connectivity index (χ2n) is 8.57. The summed E-state index contributed by atoms with van der Waals surface area (Å²) in [5, 5.41) is 14.6. The topological polar surface area (TPSA) is 66.4 Å². The molecule has 0 aliphatic carbocycles. The fraction of sp³-hybridized carbons (Fsp3) is 0.300. The van der Waals surface area contributed by atoms with E-state index in [1.54, 1.807) is 18.2 Å². The molecule has 0 atom stereocenters. The third-order valence-electron chi connectivity index (χ3n) is 4.30. The van der Waals surface area contributed by atoms with E-state index >= 15 is 0 Å². The molecule has 0 fully saturated rings. The van der Waals surface area contributed by atoms with Crippen LogP contribution in [0, 0.1) is 0 Å². The van der Waals surface area contributed by atoms with Crippen LogP contribution in [0.1, 0.15) is 20.7 Å². The molecule has 2 rings (SSSR count). The van der Waals surface area contributed by atoms with E-state index in [1.807, 2.05) is 18.2 Å². The van der Waals surface area contributed by atoms with Crippen LogP contribution in [0.2, 0.25) is 39.3 Å². The molecule has 0 spiro atoms. The molecule has 0 heterocycles. The van der Waals surface area contributed by atoms with Gasteiger partial charge < -0.3 is 10.4 Å². The van der Waals surface area contributed by atoms with Crippen molar-refractivity contribution in [3.8, 4) is 0 Å². The Morgan fingerprint density at radius 2 is 1.46 bits per heavy atom. The third-order valence-corrected chi connectivity index (χ3v) is 8.33. The third kappa shape index (κ3) is 4.50. The number of hydrogen-bond acceptors (Lipinski definition) is 2. The number of carbonyl (C=O) groups excluding carboxylic acids is 1. The Labute approximate surface area is 157 Å². The molecule has 0 aromatic heterocycles. The minimum Gasteiger partial charge on any atom is -0.478 e. The van der Waals surface area contributed by atoms with Gasteiger partial charge in [-0.3, -0.25) is 4.79 Å². The molecule has 4 nitrogen and oxygen atoms in total. The summed E-state index contributed by atoms with van der Waals surface area (Å²) in [5.74, 6) is -1.41. The maximum atomic E-state index is 13.0. The number of carboxylic acid groups (broad SMARTS) is 1. The molecule has 0 saturated heterocycles. The van der Waals surface area contributed by atoms with E-state index < -0.39 is 22.1 Å². The van der Waals surface area contributed by atoms with E-state index in [2.05, 4.69) is 50.7 Å². The van der Waals surface area contributed by atoms with Gasteiger partial charge in [-0.25, -0.2) is 4.79 Å². The quantitative estimate of drug-likeness (QED) is 0.771. The maximum absolute atomic E-state index is 13.0. The highest BCUT2D eigenvalue weighted by atomic mass is 28.3. The smallest absolute Gasteiger partial charge is 0.336 e. The van der Waals surface area contributed by atoms with Gasteiger partial charge in [0.15, 0.2) is 0 Å². The van der Waals surface area contributed by atoms with Crippen molar-refractivity contribution in [1.29, 1.82) is 0 Å². The van der Waals surface area contributed by atoms with E-state index in [0.717, 1.165) is 10.4 Å². The Bertz CT molecular complexity index is 835. The Morgan fingerprint density at radius 3 is 1.92 bits per heavy atom. The van der Waals surface area contributed by atoms with Crippen molar-refractivity contribution in [1.82, 2.24) is 0 Å². The first-order chi connectivity index (χ1) is 11.9. The van der Waals surface area contributed by atoms with Gasteiger partial charge in [0.1, 0.15) is 0 Å². The lowest BCUT2D eigenvalue weighted by Crippen LogP contribution is -2.49. The summed E-state index contributed by atoms with van der Waals surface area (Å²) >= 11 is 0. The number of benzene rings is 2. The summed E-state index contributed by atoms with van der Waals surface area (Å²) in [4.78, 5) is 25.0. The number of hydrogen-bond donors (Lipinski definition) is 2. The van der Waals surface area contributed by atoms with E-state index in [4.69, 9.17) is 0 Å². The van der Waals surface area contributed by atoms with E-state index in [9.17, 15) is 14.7 Å². The van der Waals surface area contributed by atoms with Crippen molar-refractivity contribution in [3.63, 3.8) is 0 Å². The van der Waals surface area contributed by atoms with Crippen LogP contribution >= 0.6 is 0 Å². The van der Waals surface area contributed by atoms with Crippen molar-refractivity contribution in [2.24, 2.45) is 0 Å². The largest absolute Gasteiger partial charge is 0.478 e. The number of nitrogens with one attached hydrogen (secondary N) is 1. The Balaban J connectivity index is 2.69. The number of para-hydroxylation sites is 1. The van der Waals surface area contributed by atoms with E-state index in [-0.39, 0.29) is 11.5 Å². The lowest BCUT2D eigenvalue weighted by atomic mass is 10.1. The zero-order chi connectivity index (χ0) is 19.7. The van der Waals surface area contributed by atoms with E-state index in [0.29, 0.717) is 11.3 Å². The van der Waals surface area contributed by atoms with Crippen LogP contribution in [0.25, 0.3) is 0 Å². The number of carboxylic acids is 1. The average molecular weight is 386 g/mol. The monoisotopic (exact) mass is 385 g/mol. The van der Waals surface area contributed by atoms with Crippen LogP contribution in [0.5, 0.6) is 0 Å². The summed E-state index contributed by atoms with van der Waals surface area (Å²) in [7, 11) is -3.67. The predicted octanol–water partition coefficient (Wildman–Crippen LogP) is 3.73. The normalized spacial score (nSPS) is 11.9. The summed E-state index contributed by atoms with van der Waals surface area (Å²) in [6.45, 7) is 13.0. The molecule has 0 unspecified atom stereocenters. The Morgan fingerprint density at radius 1 is 0.885 bits per heavy atom. The second kappa shape index (κ2) is 7.21. The molecule has 26 heavy (non-hydrogen) atoms. The van der Waals surface area contributed by atoms with Crippen LogP contribution in [-0.2, 0) is 0 Å². The molecule has 0 aliphatic heterocycles. The molecular weight excluding hydrogens is 358 g/mol. The van der Waals surface area contributed by atoms with Gasteiger partial charge in [-0.1, -0.05) is 68.7 Å². The maximum Gasteiger partial charge on any atom is 0.336 e. The van der Waals surface area contributed by atoms with Gasteiger partial charge in [0.05, 0.1) is 27.3 Å². The second-order valence-corrected chi connectivity index (χ2v) is 18.7. The first-order valence-corrected chi connectivity index (χ1v) is 15.7. The molecule has 2 aromatic rings. The van der Waals surface area contributed by atoms with Crippen molar-refractivity contribution in [3.05, 3.63) is 53.6 Å². The SMILES string of the molecule is C[Si](C)(C)c1cc(C(=O)O)c(C(=O)Nc2ccccc2)c([Si](C)(C)C)c1. The number of amides is 1. The molecule has 0 bridgehead atoms. The number of anilines is 1. The number of carbonyl (C=O) groups is 2. The van der Waals surface area contributed by atoms with Gasteiger partial charge in [0, 0.05) is 5.69 Å². The zero-order valence-electron chi connectivity index (χ0n) is 16.3.